The number of thiazole rings is 1. The Morgan fingerprint density at radius 2 is 2.12 bits per heavy atom. The second kappa shape index (κ2) is 4.67. The molecule has 0 spiro atoms. The molecule has 0 saturated heterocycles. The summed E-state index contributed by atoms with van der Waals surface area (Å²) in [6.07, 6.45) is 1.56. The quantitative estimate of drug-likeness (QED) is 0.765. The molecule has 2 aromatic rings. The molecule has 17 heavy (non-hydrogen) atoms. The van der Waals surface area contributed by atoms with E-state index in [0.29, 0.717) is 4.88 Å². The van der Waals surface area contributed by atoms with Gasteiger partial charge in [0.25, 0.3) is 0 Å². The molecule has 0 aliphatic rings. The zero-order valence-electron chi connectivity index (χ0n) is 9.98. The first kappa shape index (κ1) is 11.8. The van der Waals surface area contributed by atoms with Crippen molar-refractivity contribution in [1.82, 2.24) is 4.98 Å². The number of hydrogen-bond donors (Lipinski definition) is 0. The second-order valence-electron chi connectivity index (χ2n) is 3.84. The molecule has 3 nitrogen and oxygen atoms in total. The standard InChI is InChI=1S/C13H13NO2S/c1-8-4-5-9(2)10(6-8)12-14-7-11(17-12)13(15)16-3/h4-7H,1-3H3. The van der Waals surface area contributed by atoms with Crippen LogP contribution in [-0.2, 0) is 4.74 Å². The number of carbonyl (C=O) groups is 1. The van der Waals surface area contributed by atoms with Gasteiger partial charge >= 0.3 is 5.97 Å². The monoisotopic (exact) mass is 247 g/mol. The number of methoxy groups -OCH3 is 1. The Morgan fingerprint density at radius 3 is 2.82 bits per heavy atom. The summed E-state index contributed by atoms with van der Waals surface area (Å²) < 4.78 is 4.67. The van der Waals surface area contributed by atoms with Crippen LogP contribution in [0.3, 0.4) is 0 Å². The molecular weight excluding hydrogens is 234 g/mol. The van der Waals surface area contributed by atoms with Crippen molar-refractivity contribution in [3.05, 3.63) is 40.4 Å². The van der Waals surface area contributed by atoms with Crippen LogP contribution in [-0.4, -0.2) is 18.1 Å². The number of rotatable bonds is 2. The third kappa shape index (κ3) is 2.36. The van der Waals surface area contributed by atoms with E-state index in [1.807, 2.05) is 13.8 Å². The average Bonchev–Trinajstić information content (AvgIpc) is 2.80. The van der Waals surface area contributed by atoms with Gasteiger partial charge in [-0.1, -0.05) is 17.7 Å². The maximum atomic E-state index is 11.4. The summed E-state index contributed by atoms with van der Waals surface area (Å²) in [5.74, 6) is -0.334. The summed E-state index contributed by atoms with van der Waals surface area (Å²) in [6.45, 7) is 4.08. The van der Waals surface area contributed by atoms with Crippen LogP contribution in [0.1, 0.15) is 20.8 Å². The Balaban J connectivity index is 2.43. The fourth-order valence-electron chi connectivity index (χ4n) is 1.56. The average molecular weight is 247 g/mol. The Hall–Kier alpha value is -1.68. The summed E-state index contributed by atoms with van der Waals surface area (Å²) in [5, 5.41) is 0.853. The molecule has 0 N–H and O–H groups in total. The number of aryl methyl sites for hydroxylation is 2. The molecule has 0 fully saturated rings. The maximum Gasteiger partial charge on any atom is 0.349 e. The van der Waals surface area contributed by atoms with Crippen molar-refractivity contribution in [3.63, 3.8) is 0 Å². The maximum absolute atomic E-state index is 11.4. The SMILES string of the molecule is COC(=O)c1cnc(-c2cc(C)ccc2C)s1. The molecule has 1 aromatic heterocycles. The van der Waals surface area contributed by atoms with Crippen LogP contribution in [0.25, 0.3) is 10.6 Å². The lowest BCUT2D eigenvalue weighted by atomic mass is 10.1. The van der Waals surface area contributed by atoms with Crippen LogP contribution in [0.2, 0.25) is 0 Å². The van der Waals surface area contributed by atoms with Gasteiger partial charge in [-0.25, -0.2) is 9.78 Å². The predicted octanol–water partition coefficient (Wildman–Crippen LogP) is 3.21. The van der Waals surface area contributed by atoms with Gasteiger partial charge < -0.3 is 4.74 Å². The highest BCUT2D eigenvalue weighted by Gasteiger charge is 2.12. The highest BCUT2D eigenvalue weighted by molar-refractivity contribution is 7.16. The lowest BCUT2D eigenvalue weighted by molar-refractivity contribution is 0.0606. The van der Waals surface area contributed by atoms with Crippen LogP contribution < -0.4 is 0 Å². The Kier molecular flexibility index (Phi) is 3.24. The van der Waals surface area contributed by atoms with Crippen molar-refractivity contribution in [2.24, 2.45) is 0 Å². The molecule has 0 radical (unpaired) electrons. The minimum atomic E-state index is -0.334. The van der Waals surface area contributed by atoms with Gasteiger partial charge in [0.15, 0.2) is 0 Å². The summed E-state index contributed by atoms with van der Waals surface area (Å²) in [4.78, 5) is 16.2. The molecule has 0 aliphatic heterocycles. The van der Waals surface area contributed by atoms with Crippen LogP contribution in [0.15, 0.2) is 24.4 Å². The molecule has 0 unspecified atom stereocenters. The Morgan fingerprint density at radius 1 is 1.35 bits per heavy atom. The number of aromatic nitrogens is 1. The largest absolute Gasteiger partial charge is 0.465 e. The summed E-state index contributed by atoms with van der Waals surface area (Å²) in [5.41, 5.74) is 3.41. The lowest BCUT2D eigenvalue weighted by Crippen LogP contribution is -1.96. The fraction of sp³-hybridized carbons (Fsp3) is 0.231. The van der Waals surface area contributed by atoms with Gasteiger partial charge in [-0.15, -0.1) is 11.3 Å². The lowest BCUT2D eigenvalue weighted by Gasteiger charge is -2.03. The highest BCUT2D eigenvalue weighted by Crippen LogP contribution is 2.28. The molecule has 0 bridgehead atoms. The number of carbonyl (C=O) groups excluding carboxylic acids is 1. The van der Waals surface area contributed by atoms with Gasteiger partial charge in [0, 0.05) is 5.56 Å². The molecule has 1 aromatic carbocycles. The zero-order chi connectivity index (χ0) is 12.4. The number of hydrogen-bond acceptors (Lipinski definition) is 4. The molecule has 0 atom stereocenters. The minimum absolute atomic E-state index is 0.334. The summed E-state index contributed by atoms with van der Waals surface area (Å²) in [7, 11) is 1.37. The van der Waals surface area contributed by atoms with Gasteiger partial charge in [-0.2, -0.15) is 0 Å². The van der Waals surface area contributed by atoms with Crippen molar-refractivity contribution in [2.75, 3.05) is 7.11 Å². The normalized spacial score (nSPS) is 10.3. The Bertz CT molecular complexity index is 560. The number of benzene rings is 1. The van der Waals surface area contributed by atoms with Gasteiger partial charge in [0.2, 0.25) is 0 Å². The van der Waals surface area contributed by atoms with E-state index in [9.17, 15) is 4.79 Å². The van der Waals surface area contributed by atoms with E-state index in [1.165, 1.54) is 24.0 Å². The number of ether oxygens (including phenoxy) is 1. The fourth-order valence-corrected chi connectivity index (χ4v) is 2.48. The van der Waals surface area contributed by atoms with Gasteiger partial charge in [-0.05, 0) is 25.5 Å². The third-order valence-corrected chi connectivity index (χ3v) is 3.53. The van der Waals surface area contributed by atoms with Crippen molar-refractivity contribution < 1.29 is 9.53 Å². The predicted molar refractivity (Wildman–Crippen MR) is 68.4 cm³/mol. The van der Waals surface area contributed by atoms with E-state index in [4.69, 9.17) is 0 Å². The van der Waals surface area contributed by atoms with Crippen molar-refractivity contribution in [2.45, 2.75) is 13.8 Å². The topological polar surface area (TPSA) is 39.2 Å². The highest BCUT2D eigenvalue weighted by atomic mass is 32.1. The smallest absolute Gasteiger partial charge is 0.349 e. The molecule has 4 heteroatoms. The van der Waals surface area contributed by atoms with Crippen LogP contribution in [0.5, 0.6) is 0 Å². The summed E-state index contributed by atoms with van der Waals surface area (Å²) in [6, 6.07) is 6.20. The van der Waals surface area contributed by atoms with Crippen molar-refractivity contribution in [3.8, 4) is 10.6 Å². The molecule has 2 rings (SSSR count). The first-order valence-corrected chi connectivity index (χ1v) is 6.05. The molecule has 0 saturated carbocycles. The van der Waals surface area contributed by atoms with Crippen molar-refractivity contribution in [1.29, 1.82) is 0 Å². The van der Waals surface area contributed by atoms with E-state index in [0.717, 1.165) is 16.1 Å². The van der Waals surface area contributed by atoms with Crippen LogP contribution in [0, 0.1) is 13.8 Å². The van der Waals surface area contributed by atoms with Gasteiger partial charge in [0.1, 0.15) is 9.88 Å². The van der Waals surface area contributed by atoms with E-state index in [2.05, 4.69) is 27.9 Å². The minimum Gasteiger partial charge on any atom is -0.465 e. The molecule has 0 aliphatic carbocycles. The van der Waals surface area contributed by atoms with E-state index >= 15 is 0 Å². The van der Waals surface area contributed by atoms with E-state index < -0.39 is 0 Å². The first-order valence-electron chi connectivity index (χ1n) is 5.23. The van der Waals surface area contributed by atoms with E-state index in [-0.39, 0.29) is 5.97 Å². The van der Waals surface area contributed by atoms with Crippen LogP contribution >= 0.6 is 11.3 Å². The number of esters is 1. The summed E-state index contributed by atoms with van der Waals surface area (Å²) >= 11 is 1.36. The molecular formula is C13H13NO2S. The number of nitrogens with zero attached hydrogens (tertiary/aromatic N) is 1. The molecule has 88 valence electrons. The zero-order valence-corrected chi connectivity index (χ0v) is 10.8. The first-order chi connectivity index (χ1) is 8.11. The molecule has 0 amide bonds. The third-order valence-electron chi connectivity index (χ3n) is 2.52. The second-order valence-corrected chi connectivity index (χ2v) is 4.87. The Labute approximate surface area is 104 Å². The van der Waals surface area contributed by atoms with Crippen molar-refractivity contribution >= 4 is 17.3 Å². The van der Waals surface area contributed by atoms with Crippen LogP contribution in [0.4, 0.5) is 0 Å². The van der Waals surface area contributed by atoms with Gasteiger partial charge in [0.05, 0.1) is 13.3 Å². The van der Waals surface area contributed by atoms with Gasteiger partial charge in [-0.3, -0.25) is 0 Å². The van der Waals surface area contributed by atoms with E-state index in [1.54, 1.807) is 6.20 Å². The molecule has 1 heterocycles.